The molecule has 4 aromatic carbocycles. The van der Waals surface area contributed by atoms with Crippen molar-refractivity contribution >= 4 is 55.8 Å². The highest BCUT2D eigenvalue weighted by molar-refractivity contribution is 7.26. The monoisotopic (exact) mass is 536 g/mol. The van der Waals surface area contributed by atoms with Gasteiger partial charge in [0.1, 0.15) is 4.83 Å². The Morgan fingerprint density at radius 2 is 1.28 bits per heavy atom. The summed E-state index contributed by atoms with van der Waals surface area (Å²) in [5.74, 6) is 0. The van der Waals surface area contributed by atoms with Crippen LogP contribution in [0.2, 0.25) is 19.6 Å². The molecule has 0 fully saturated rings. The second-order valence-electron chi connectivity index (χ2n) is 11.2. The first kappa shape index (κ1) is 24.0. The fraction of sp³-hybridized carbons (Fsp3) is 0.0857. The van der Waals surface area contributed by atoms with Crippen molar-refractivity contribution in [3.05, 3.63) is 116 Å². The molecular weight excluding hydrogens is 509 g/mol. The molecule has 0 aliphatic carbocycles. The summed E-state index contributed by atoms with van der Waals surface area (Å²) in [6.45, 7) is 7.16. The number of thiophene rings is 1. The van der Waals surface area contributed by atoms with Gasteiger partial charge in [-0.3, -0.25) is 4.98 Å². The molecule has 2 nitrogen and oxygen atoms in total. The average molecular weight is 537 g/mol. The molecule has 188 valence electrons. The highest BCUT2D eigenvalue weighted by Crippen LogP contribution is 2.39. The summed E-state index contributed by atoms with van der Waals surface area (Å²) in [5.41, 5.74) is 8.24. The molecule has 0 N–H and O–H groups in total. The van der Waals surface area contributed by atoms with E-state index in [9.17, 15) is 0 Å². The van der Waals surface area contributed by atoms with E-state index >= 15 is 0 Å². The van der Waals surface area contributed by atoms with Crippen molar-refractivity contribution in [1.82, 2.24) is 9.97 Å². The van der Waals surface area contributed by atoms with E-state index in [-0.39, 0.29) is 0 Å². The van der Waals surface area contributed by atoms with Gasteiger partial charge in [0.25, 0.3) is 0 Å². The van der Waals surface area contributed by atoms with Gasteiger partial charge in [0.05, 0.1) is 13.6 Å². The minimum absolute atomic E-state index is 1.02. The van der Waals surface area contributed by atoms with E-state index < -0.39 is 8.07 Å². The number of rotatable bonds is 4. The van der Waals surface area contributed by atoms with Crippen LogP contribution < -0.4 is 5.19 Å². The van der Waals surface area contributed by atoms with Gasteiger partial charge in [-0.25, -0.2) is 4.98 Å². The second kappa shape index (κ2) is 9.26. The van der Waals surface area contributed by atoms with Crippen molar-refractivity contribution in [3.8, 4) is 33.4 Å². The number of aromatic nitrogens is 2. The van der Waals surface area contributed by atoms with Gasteiger partial charge in [-0.1, -0.05) is 104 Å². The molecule has 3 heterocycles. The number of pyridine rings is 2. The van der Waals surface area contributed by atoms with Crippen LogP contribution in [0.15, 0.2) is 116 Å². The molecule has 0 saturated heterocycles. The molecule has 0 unspecified atom stereocenters. The van der Waals surface area contributed by atoms with Crippen molar-refractivity contribution in [2.24, 2.45) is 0 Å². The van der Waals surface area contributed by atoms with E-state index in [1.807, 2.05) is 18.5 Å². The standard InChI is InChI=1S/C35H28N2SSi/c1-39(2,3)29-17-15-23(16-18-29)26-13-14-27-20-28(22-37-33(27)21-26)24-9-11-25(12-10-24)30-6-4-7-31-32-8-5-19-36-35(32)38-34(30)31/h4-22H,1-3H3. The summed E-state index contributed by atoms with van der Waals surface area (Å²) in [6.07, 6.45) is 3.86. The van der Waals surface area contributed by atoms with E-state index in [1.165, 1.54) is 48.5 Å². The number of fused-ring (bicyclic) bond motifs is 4. The van der Waals surface area contributed by atoms with E-state index in [2.05, 4.69) is 122 Å². The Kier molecular flexibility index (Phi) is 5.69. The van der Waals surface area contributed by atoms with Gasteiger partial charge in [-0.05, 0) is 52.1 Å². The van der Waals surface area contributed by atoms with Crippen molar-refractivity contribution in [2.75, 3.05) is 0 Å². The number of hydrogen-bond donors (Lipinski definition) is 0. The third-order valence-electron chi connectivity index (χ3n) is 7.57. The van der Waals surface area contributed by atoms with Crippen LogP contribution >= 0.6 is 11.3 Å². The lowest BCUT2D eigenvalue weighted by molar-refractivity contribution is 1.41. The Hall–Kier alpha value is -4.12. The lowest BCUT2D eigenvalue weighted by Gasteiger charge is -2.16. The van der Waals surface area contributed by atoms with Crippen LogP contribution in [0.25, 0.3) is 64.6 Å². The molecule has 39 heavy (non-hydrogen) atoms. The summed E-state index contributed by atoms with van der Waals surface area (Å²) < 4.78 is 1.29. The van der Waals surface area contributed by atoms with Crippen LogP contribution in [-0.2, 0) is 0 Å². The van der Waals surface area contributed by atoms with Crippen LogP contribution in [-0.4, -0.2) is 18.0 Å². The van der Waals surface area contributed by atoms with E-state index in [0.29, 0.717) is 0 Å². The normalized spacial score (nSPS) is 12.0. The van der Waals surface area contributed by atoms with Gasteiger partial charge in [0.15, 0.2) is 0 Å². The Balaban J connectivity index is 1.19. The van der Waals surface area contributed by atoms with Crippen LogP contribution in [0.4, 0.5) is 0 Å². The molecule has 0 atom stereocenters. The number of nitrogens with zero attached hydrogens (tertiary/aromatic N) is 2. The first-order chi connectivity index (χ1) is 18.9. The molecule has 7 aromatic rings. The topological polar surface area (TPSA) is 25.8 Å². The fourth-order valence-electron chi connectivity index (χ4n) is 5.32. The Bertz CT molecular complexity index is 1980. The predicted molar refractivity (Wildman–Crippen MR) is 172 cm³/mol. The summed E-state index contributed by atoms with van der Waals surface area (Å²) >= 11 is 1.77. The zero-order chi connectivity index (χ0) is 26.6. The van der Waals surface area contributed by atoms with Crippen LogP contribution in [0, 0.1) is 0 Å². The van der Waals surface area contributed by atoms with Gasteiger partial charge in [0.2, 0.25) is 0 Å². The van der Waals surface area contributed by atoms with Crippen molar-refractivity contribution in [3.63, 3.8) is 0 Å². The van der Waals surface area contributed by atoms with Gasteiger partial charge < -0.3 is 0 Å². The number of hydrogen-bond acceptors (Lipinski definition) is 3. The number of benzene rings is 4. The molecule has 0 aliphatic heterocycles. The lowest BCUT2D eigenvalue weighted by atomic mass is 9.98. The Labute approximate surface area is 233 Å². The highest BCUT2D eigenvalue weighted by Gasteiger charge is 2.16. The highest BCUT2D eigenvalue weighted by atomic mass is 32.1. The smallest absolute Gasteiger partial charge is 0.124 e. The molecule has 7 rings (SSSR count). The molecule has 0 spiro atoms. The molecule has 3 aromatic heterocycles. The minimum Gasteiger partial charge on any atom is -0.256 e. The van der Waals surface area contributed by atoms with Gasteiger partial charge in [0, 0.05) is 38.8 Å². The first-order valence-electron chi connectivity index (χ1n) is 13.3. The lowest BCUT2D eigenvalue weighted by Crippen LogP contribution is -2.37. The minimum atomic E-state index is -1.30. The van der Waals surface area contributed by atoms with Gasteiger partial charge in [-0.2, -0.15) is 0 Å². The zero-order valence-corrected chi connectivity index (χ0v) is 24.1. The summed E-state index contributed by atoms with van der Waals surface area (Å²) in [6, 6.07) is 37.5. The molecule has 0 saturated carbocycles. The van der Waals surface area contributed by atoms with Crippen LogP contribution in [0.3, 0.4) is 0 Å². The largest absolute Gasteiger partial charge is 0.256 e. The van der Waals surface area contributed by atoms with Crippen LogP contribution in [0.1, 0.15) is 0 Å². The van der Waals surface area contributed by atoms with Crippen molar-refractivity contribution in [2.45, 2.75) is 19.6 Å². The molecule has 0 aliphatic rings. The van der Waals surface area contributed by atoms with Crippen LogP contribution in [0.5, 0.6) is 0 Å². The van der Waals surface area contributed by atoms with Crippen molar-refractivity contribution < 1.29 is 0 Å². The first-order valence-corrected chi connectivity index (χ1v) is 17.6. The molecule has 0 bridgehead atoms. The average Bonchev–Trinajstić information content (AvgIpc) is 3.35. The third-order valence-corrected chi connectivity index (χ3v) is 10.8. The SMILES string of the molecule is C[Si](C)(C)c1ccc(-c2ccc3cc(-c4ccc(-c5cccc6c5sc5ncccc56)cc4)cnc3c2)cc1. The quantitative estimate of drug-likeness (QED) is 0.209. The maximum absolute atomic E-state index is 4.85. The maximum atomic E-state index is 4.85. The van der Waals surface area contributed by atoms with Gasteiger partial charge >= 0.3 is 0 Å². The summed E-state index contributed by atoms with van der Waals surface area (Å²) in [4.78, 5) is 10.5. The summed E-state index contributed by atoms with van der Waals surface area (Å²) in [5, 5.41) is 5.14. The molecular formula is C35H28N2SSi. The summed E-state index contributed by atoms with van der Waals surface area (Å²) in [7, 11) is -1.30. The van der Waals surface area contributed by atoms with E-state index in [4.69, 9.17) is 4.98 Å². The Morgan fingerprint density at radius 3 is 2.08 bits per heavy atom. The molecule has 0 radical (unpaired) electrons. The van der Waals surface area contributed by atoms with E-state index in [1.54, 1.807) is 11.3 Å². The maximum Gasteiger partial charge on any atom is 0.124 e. The van der Waals surface area contributed by atoms with Crippen molar-refractivity contribution in [1.29, 1.82) is 0 Å². The van der Waals surface area contributed by atoms with Gasteiger partial charge in [-0.15, -0.1) is 11.3 Å². The molecule has 4 heteroatoms. The van der Waals surface area contributed by atoms with E-state index in [0.717, 1.165) is 21.3 Å². The Morgan fingerprint density at radius 1 is 0.590 bits per heavy atom. The second-order valence-corrected chi connectivity index (χ2v) is 17.3. The molecule has 0 amide bonds. The fourth-order valence-corrected chi connectivity index (χ4v) is 7.67. The predicted octanol–water partition coefficient (Wildman–Crippen LogP) is 9.54. The third kappa shape index (κ3) is 4.36. The zero-order valence-electron chi connectivity index (χ0n) is 22.3.